The van der Waals surface area contributed by atoms with Crippen LogP contribution in [0, 0.1) is 0 Å². The van der Waals surface area contributed by atoms with Crippen molar-refractivity contribution < 1.29 is 22.7 Å². The number of nitrogens with one attached hydrogen (secondary N) is 1. The monoisotopic (exact) mass is 418 g/mol. The summed E-state index contributed by atoms with van der Waals surface area (Å²) < 4.78 is 38.7. The first-order valence-electron chi connectivity index (χ1n) is 9.47. The lowest BCUT2D eigenvalue weighted by Crippen LogP contribution is -2.34. The molecule has 1 heterocycles. The Morgan fingerprint density at radius 2 is 1.76 bits per heavy atom. The van der Waals surface area contributed by atoms with Crippen LogP contribution >= 0.6 is 0 Å². The van der Waals surface area contributed by atoms with Crippen molar-refractivity contribution in [1.82, 2.24) is 4.72 Å². The molecule has 0 aromatic heterocycles. The highest BCUT2D eigenvalue weighted by Crippen LogP contribution is 2.28. The summed E-state index contributed by atoms with van der Waals surface area (Å²) in [5.74, 6) is 1.30. The summed E-state index contributed by atoms with van der Waals surface area (Å²) in [6.07, 6.45) is 1.86. The molecule has 0 spiro atoms. The van der Waals surface area contributed by atoms with Gasteiger partial charge in [0.15, 0.2) is 11.5 Å². The van der Waals surface area contributed by atoms with Crippen LogP contribution in [0.15, 0.2) is 47.4 Å². The molecular weight excluding hydrogens is 392 g/mol. The van der Waals surface area contributed by atoms with Crippen molar-refractivity contribution in [2.45, 2.75) is 37.1 Å². The van der Waals surface area contributed by atoms with E-state index in [0.717, 1.165) is 17.7 Å². The third-order valence-electron chi connectivity index (χ3n) is 4.88. The van der Waals surface area contributed by atoms with Crippen molar-refractivity contribution in [3.8, 4) is 11.5 Å². The second-order valence-electron chi connectivity index (χ2n) is 7.06. The molecule has 1 amide bonds. The molecule has 0 bridgehead atoms. The molecule has 1 atom stereocenters. The first-order chi connectivity index (χ1) is 13.8. The van der Waals surface area contributed by atoms with Crippen molar-refractivity contribution in [2.24, 2.45) is 0 Å². The number of rotatable bonds is 8. The highest BCUT2D eigenvalue weighted by Gasteiger charge is 2.23. The molecule has 8 heteroatoms. The van der Waals surface area contributed by atoms with Gasteiger partial charge in [0.2, 0.25) is 15.9 Å². The molecule has 0 saturated carbocycles. The first-order valence-corrected chi connectivity index (χ1v) is 11.0. The Morgan fingerprint density at radius 1 is 1.07 bits per heavy atom. The van der Waals surface area contributed by atoms with Gasteiger partial charge >= 0.3 is 0 Å². The zero-order valence-corrected chi connectivity index (χ0v) is 17.7. The molecule has 1 N–H and O–H groups in total. The predicted octanol–water partition coefficient (Wildman–Crippen LogP) is 2.74. The number of amides is 1. The largest absolute Gasteiger partial charge is 0.493 e. The number of carbonyl (C=O) groups is 1. The van der Waals surface area contributed by atoms with Gasteiger partial charge in [-0.3, -0.25) is 4.79 Å². The van der Waals surface area contributed by atoms with Gasteiger partial charge in [-0.2, -0.15) is 0 Å². The van der Waals surface area contributed by atoms with Gasteiger partial charge < -0.3 is 14.4 Å². The SMILES string of the molecule is COc1ccc(C[C@@H](C)NS(=O)(=O)c2ccc(N3CCCC3=O)cc2)cc1OC. The zero-order valence-electron chi connectivity index (χ0n) is 16.8. The van der Waals surface area contributed by atoms with Crippen molar-refractivity contribution in [3.63, 3.8) is 0 Å². The van der Waals surface area contributed by atoms with E-state index in [1.165, 1.54) is 12.1 Å². The minimum absolute atomic E-state index is 0.0716. The molecule has 2 aromatic carbocycles. The number of hydrogen-bond donors (Lipinski definition) is 1. The maximum atomic E-state index is 12.7. The third kappa shape index (κ3) is 4.89. The van der Waals surface area contributed by atoms with E-state index in [9.17, 15) is 13.2 Å². The molecular formula is C21H26N2O5S. The summed E-state index contributed by atoms with van der Waals surface area (Å²) >= 11 is 0. The van der Waals surface area contributed by atoms with E-state index in [1.54, 1.807) is 37.3 Å². The fourth-order valence-corrected chi connectivity index (χ4v) is 4.71. The van der Waals surface area contributed by atoms with Crippen molar-refractivity contribution in [2.75, 3.05) is 25.7 Å². The van der Waals surface area contributed by atoms with Gasteiger partial charge in [-0.1, -0.05) is 6.07 Å². The maximum Gasteiger partial charge on any atom is 0.240 e. The summed E-state index contributed by atoms with van der Waals surface area (Å²) in [4.78, 5) is 13.7. The number of hydrogen-bond acceptors (Lipinski definition) is 5. The van der Waals surface area contributed by atoms with E-state index in [0.29, 0.717) is 30.9 Å². The lowest BCUT2D eigenvalue weighted by atomic mass is 10.1. The van der Waals surface area contributed by atoms with Crippen molar-refractivity contribution >= 4 is 21.6 Å². The number of sulfonamides is 1. The number of anilines is 1. The number of ether oxygens (including phenoxy) is 2. The van der Waals surface area contributed by atoms with Gasteiger partial charge in [-0.05, 0) is 61.7 Å². The summed E-state index contributed by atoms with van der Waals surface area (Å²) in [7, 11) is -0.540. The van der Waals surface area contributed by atoms with Gasteiger partial charge in [0.1, 0.15) is 0 Å². The Labute approximate surface area is 171 Å². The molecule has 2 aromatic rings. The van der Waals surface area contributed by atoms with Crippen LogP contribution in [-0.2, 0) is 21.2 Å². The van der Waals surface area contributed by atoms with Crippen molar-refractivity contribution in [1.29, 1.82) is 0 Å². The molecule has 0 radical (unpaired) electrons. The van der Waals surface area contributed by atoms with E-state index in [2.05, 4.69) is 4.72 Å². The zero-order chi connectivity index (χ0) is 21.0. The number of benzene rings is 2. The Bertz CT molecular complexity index is 973. The van der Waals surface area contributed by atoms with Gasteiger partial charge in [0, 0.05) is 24.7 Å². The average Bonchev–Trinajstić information content (AvgIpc) is 3.13. The molecule has 156 valence electrons. The lowest BCUT2D eigenvalue weighted by molar-refractivity contribution is -0.117. The lowest BCUT2D eigenvalue weighted by Gasteiger charge is -2.18. The molecule has 7 nitrogen and oxygen atoms in total. The Kier molecular flexibility index (Phi) is 6.44. The van der Waals surface area contributed by atoms with Crippen LogP contribution in [-0.4, -0.2) is 41.1 Å². The molecule has 29 heavy (non-hydrogen) atoms. The normalized spacial score (nSPS) is 15.4. The molecule has 1 fully saturated rings. The van der Waals surface area contributed by atoms with Gasteiger partial charge in [0.25, 0.3) is 0 Å². The fraction of sp³-hybridized carbons (Fsp3) is 0.381. The summed E-state index contributed by atoms with van der Waals surface area (Å²) in [6.45, 7) is 2.48. The Balaban J connectivity index is 1.68. The van der Waals surface area contributed by atoms with Crippen LogP contribution in [0.1, 0.15) is 25.3 Å². The van der Waals surface area contributed by atoms with Crippen LogP contribution < -0.4 is 19.1 Å². The Hall–Kier alpha value is -2.58. The van der Waals surface area contributed by atoms with Gasteiger partial charge in [-0.25, -0.2) is 13.1 Å². The third-order valence-corrected chi connectivity index (χ3v) is 6.48. The average molecular weight is 419 g/mol. The quantitative estimate of drug-likeness (QED) is 0.713. The van der Waals surface area contributed by atoms with E-state index in [1.807, 2.05) is 19.1 Å². The standard InChI is InChI=1S/C21H26N2O5S/c1-15(13-16-6-11-19(27-2)20(14-16)28-3)22-29(25,26)18-9-7-17(8-10-18)23-12-4-5-21(23)24/h6-11,14-15,22H,4-5,12-13H2,1-3H3/t15-/m1/s1. The number of carbonyl (C=O) groups excluding carboxylic acids is 1. The second-order valence-corrected chi connectivity index (χ2v) is 8.77. The van der Waals surface area contributed by atoms with Crippen LogP contribution in [0.5, 0.6) is 11.5 Å². The van der Waals surface area contributed by atoms with E-state index in [-0.39, 0.29) is 16.8 Å². The summed E-state index contributed by atoms with van der Waals surface area (Å²) in [5.41, 5.74) is 1.66. The summed E-state index contributed by atoms with van der Waals surface area (Å²) in [6, 6.07) is 11.6. The van der Waals surface area contributed by atoms with Gasteiger partial charge in [0.05, 0.1) is 19.1 Å². The van der Waals surface area contributed by atoms with E-state index < -0.39 is 10.0 Å². The smallest absolute Gasteiger partial charge is 0.240 e. The molecule has 1 saturated heterocycles. The summed E-state index contributed by atoms with van der Waals surface area (Å²) in [5, 5.41) is 0. The fourth-order valence-electron chi connectivity index (χ4n) is 3.46. The molecule has 0 unspecified atom stereocenters. The molecule has 0 aliphatic carbocycles. The molecule has 3 rings (SSSR count). The van der Waals surface area contributed by atoms with E-state index >= 15 is 0 Å². The molecule has 1 aliphatic rings. The van der Waals surface area contributed by atoms with Crippen LogP contribution in [0.25, 0.3) is 0 Å². The van der Waals surface area contributed by atoms with Crippen LogP contribution in [0.2, 0.25) is 0 Å². The van der Waals surface area contributed by atoms with E-state index in [4.69, 9.17) is 9.47 Å². The van der Waals surface area contributed by atoms with Crippen LogP contribution in [0.3, 0.4) is 0 Å². The van der Waals surface area contributed by atoms with Gasteiger partial charge in [-0.15, -0.1) is 0 Å². The van der Waals surface area contributed by atoms with Crippen LogP contribution in [0.4, 0.5) is 5.69 Å². The minimum atomic E-state index is -3.67. The predicted molar refractivity (Wildman–Crippen MR) is 111 cm³/mol. The highest BCUT2D eigenvalue weighted by molar-refractivity contribution is 7.89. The highest BCUT2D eigenvalue weighted by atomic mass is 32.2. The first kappa shape index (κ1) is 21.1. The Morgan fingerprint density at radius 3 is 2.34 bits per heavy atom. The minimum Gasteiger partial charge on any atom is -0.493 e. The maximum absolute atomic E-state index is 12.7. The number of methoxy groups -OCH3 is 2. The molecule has 1 aliphatic heterocycles. The second kappa shape index (κ2) is 8.84. The topological polar surface area (TPSA) is 84.9 Å². The van der Waals surface area contributed by atoms with Crippen molar-refractivity contribution in [3.05, 3.63) is 48.0 Å². The number of nitrogens with zero attached hydrogens (tertiary/aromatic N) is 1.